The monoisotopic (exact) mass is 319 g/mol. The van der Waals surface area contributed by atoms with E-state index in [0.717, 1.165) is 25.2 Å². The zero-order valence-corrected chi connectivity index (χ0v) is 12.9. The number of likely N-dealkylation sites (N-methyl/N-ethyl adjacent to an activating group) is 1. The standard InChI is InChI=1S/C13H18ClN3O2.ClH/c1-15-11-3-2-6-16(9-11)8-10-4-5-13(17(18)19)12(14)7-10;/h4-5,7,11,15H,2-3,6,8-9H2,1H3;1H. The third kappa shape index (κ3) is 4.31. The molecule has 1 atom stereocenters. The SMILES string of the molecule is CNC1CCCN(Cc2ccc([N+](=O)[O-])c(Cl)c2)C1.Cl. The van der Waals surface area contributed by atoms with E-state index in [2.05, 4.69) is 10.2 Å². The van der Waals surface area contributed by atoms with E-state index < -0.39 is 4.92 Å². The van der Waals surface area contributed by atoms with Crippen LogP contribution in [0.1, 0.15) is 18.4 Å². The van der Waals surface area contributed by atoms with Gasteiger partial charge in [-0.3, -0.25) is 15.0 Å². The number of benzene rings is 1. The molecule has 0 bridgehead atoms. The Labute approximate surface area is 129 Å². The Morgan fingerprint density at radius 3 is 2.90 bits per heavy atom. The van der Waals surface area contributed by atoms with E-state index >= 15 is 0 Å². The summed E-state index contributed by atoms with van der Waals surface area (Å²) in [6.45, 7) is 2.85. The molecule has 0 amide bonds. The zero-order chi connectivity index (χ0) is 13.8. The maximum absolute atomic E-state index is 10.7. The topological polar surface area (TPSA) is 58.4 Å². The molecule has 1 aliphatic rings. The first-order valence-electron chi connectivity index (χ1n) is 6.42. The van der Waals surface area contributed by atoms with Crippen molar-refractivity contribution in [2.75, 3.05) is 20.1 Å². The molecule has 0 aromatic heterocycles. The summed E-state index contributed by atoms with van der Waals surface area (Å²) >= 11 is 5.93. The molecule has 0 radical (unpaired) electrons. The van der Waals surface area contributed by atoms with E-state index in [1.54, 1.807) is 12.1 Å². The van der Waals surface area contributed by atoms with Crippen LogP contribution in [0.25, 0.3) is 0 Å². The van der Waals surface area contributed by atoms with Gasteiger partial charge < -0.3 is 5.32 Å². The van der Waals surface area contributed by atoms with Gasteiger partial charge in [-0.1, -0.05) is 17.7 Å². The van der Waals surface area contributed by atoms with Crippen molar-refractivity contribution in [3.05, 3.63) is 38.9 Å². The number of halogens is 2. The number of nitrogens with zero attached hydrogens (tertiary/aromatic N) is 2. The lowest BCUT2D eigenvalue weighted by molar-refractivity contribution is -0.384. The van der Waals surface area contributed by atoms with Crippen LogP contribution in [0.3, 0.4) is 0 Å². The van der Waals surface area contributed by atoms with Gasteiger partial charge in [0.15, 0.2) is 0 Å². The highest BCUT2D eigenvalue weighted by Gasteiger charge is 2.19. The zero-order valence-electron chi connectivity index (χ0n) is 11.3. The molecule has 0 saturated carbocycles. The number of likely N-dealkylation sites (tertiary alicyclic amines) is 1. The van der Waals surface area contributed by atoms with E-state index in [9.17, 15) is 10.1 Å². The van der Waals surface area contributed by atoms with Crippen molar-refractivity contribution in [2.24, 2.45) is 0 Å². The molecule has 1 saturated heterocycles. The van der Waals surface area contributed by atoms with Crippen molar-refractivity contribution in [3.63, 3.8) is 0 Å². The fraction of sp³-hybridized carbons (Fsp3) is 0.538. The fourth-order valence-corrected chi connectivity index (χ4v) is 2.76. The van der Waals surface area contributed by atoms with E-state index in [4.69, 9.17) is 11.6 Å². The fourth-order valence-electron chi connectivity index (χ4n) is 2.49. The molecule has 20 heavy (non-hydrogen) atoms. The summed E-state index contributed by atoms with van der Waals surface area (Å²) < 4.78 is 0. The van der Waals surface area contributed by atoms with Gasteiger partial charge in [0.2, 0.25) is 0 Å². The lowest BCUT2D eigenvalue weighted by atomic mass is 10.0. The first kappa shape index (κ1) is 17.2. The second kappa shape index (κ2) is 7.78. The van der Waals surface area contributed by atoms with Crippen molar-refractivity contribution in [1.82, 2.24) is 10.2 Å². The molecular formula is C13H19Cl2N3O2. The van der Waals surface area contributed by atoms with Crippen molar-refractivity contribution in [3.8, 4) is 0 Å². The van der Waals surface area contributed by atoms with Crippen LogP contribution in [0.4, 0.5) is 5.69 Å². The Kier molecular flexibility index (Phi) is 6.68. The van der Waals surface area contributed by atoms with Crippen molar-refractivity contribution >= 4 is 29.7 Å². The van der Waals surface area contributed by atoms with E-state index in [0.29, 0.717) is 6.04 Å². The second-order valence-corrected chi connectivity index (χ2v) is 5.31. The summed E-state index contributed by atoms with van der Waals surface area (Å²) in [5.41, 5.74) is 0.990. The minimum atomic E-state index is -0.454. The molecule has 0 aliphatic carbocycles. The number of hydrogen-bond donors (Lipinski definition) is 1. The van der Waals surface area contributed by atoms with Gasteiger partial charge in [-0.15, -0.1) is 12.4 Å². The molecule has 1 aromatic rings. The summed E-state index contributed by atoms with van der Waals surface area (Å²) in [7, 11) is 1.98. The summed E-state index contributed by atoms with van der Waals surface area (Å²) in [6.07, 6.45) is 2.38. The largest absolute Gasteiger partial charge is 0.316 e. The maximum atomic E-state index is 10.7. The normalized spacial score (nSPS) is 19.4. The number of hydrogen-bond acceptors (Lipinski definition) is 4. The molecule has 1 aliphatic heterocycles. The van der Waals surface area contributed by atoms with Gasteiger partial charge in [0.1, 0.15) is 5.02 Å². The number of piperidine rings is 1. The van der Waals surface area contributed by atoms with E-state index in [1.165, 1.54) is 18.9 Å². The van der Waals surface area contributed by atoms with Crippen molar-refractivity contribution < 1.29 is 4.92 Å². The Bertz CT molecular complexity index is 471. The van der Waals surface area contributed by atoms with E-state index in [1.807, 2.05) is 7.05 Å². The highest BCUT2D eigenvalue weighted by atomic mass is 35.5. The van der Waals surface area contributed by atoms with Gasteiger partial charge in [0, 0.05) is 25.2 Å². The maximum Gasteiger partial charge on any atom is 0.287 e. The molecule has 1 unspecified atom stereocenters. The molecule has 1 heterocycles. The molecule has 1 N–H and O–H groups in total. The van der Waals surface area contributed by atoms with Gasteiger partial charge in [0.25, 0.3) is 5.69 Å². The van der Waals surface area contributed by atoms with Gasteiger partial charge in [0.05, 0.1) is 4.92 Å². The van der Waals surface area contributed by atoms with Crippen LogP contribution in [0.2, 0.25) is 5.02 Å². The number of nitrogens with one attached hydrogen (secondary N) is 1. The minimum absolute atomic E-state index is 0. The smallest absolute Gasteiger partial charge is 0.287 e. The molecule has 1 fully saturated rings. The van der Waals surface area contributed by atoms with Gasteiger partial charge in [-0.25, -0.2) is 0 Å². The third-order valence-electron chi connectivity index (χ3n) is 3.53. The lowest BCUT2D eigenvalue weighted by Crippen LogP contribution is -2.43. The summed E-state index contributed by atoms with van der Waals surface area (Å²) in [5.74, 6) is 0. The first-order chi connectivity index (χ1) is 9.10. The van der Waals surface area contributed by atoms with Crippen LogP contribution >= 0.6 is 24.0 Å². The Hall–Kier alpha value is -0.880. The predicted octanol–water partition coefficient (Wildman–Crippen LogP) is 2.85. The molecule has 0 spiro atoms. The highest BCUT2D eigenvalue weighted by molar-refractivity contribution is 6.32. The summed E-state index contributed by atoms with van der Waals surface area (Å²) in [4.78, 5) is 12.6. The Morgan fingerprint density at radius 1 is 1.55 bits per heavy atom. The minimum Gasteiger partial charge on any atom is -0.316 e. The molecule has 1 aromatic carbocycles. The summed E-state index contributed by atoms with van der Waals surface area (Å²) in [6, 6.07) is 5.50. The molecular weight excluding hydrogens is 301 g/mol. The van der Waals surface area contributed by atoms with Crippen LogP contribution < -0.4 is 5.32 Å². The molecule has 112 valence electrons. The third-order valence-corrected chi connectivity index (χ3v) is 3.83. The predicted molar refractivity (Wildman–Crippen MR) is 82.7 cm³/mol. The average Bonchev–Trinajstić information content (AvgIpc) is 2.38. The number of rotatable bonds is 4. The van der Waals surface area contributed by atoms with Crippen LogP contribution in [0, 0.1) is 10.1 Å². The van der Waals surface area contributed by atoms with Crippen LogP contribution in [0.5, 0.6) is 0 Å². The second-order valence-electron chi connectivity index (χ2n) is 4.91. The van der Waals surface area contributed by atoms with Crippen LogP contribution in [-0.2, 0) is 6.54 Å². The van der Waals surface area contributed by atoms with Crippen molar-refractivity contribution in [2.45, 2.75) is 25.4 Å². The Balaban J connectivity index is 0.00000200. The number of nitro groups is 1. The average molecular weight is 320 g/mol. The molecule has 5 nitrogen and oxygen atoms in total. The Morgan fingerprint density at radius 2 is 2.30 bits per heavy atom. The van der Waals surface area contributed by atoms with Gasteiger partial charge in [-0.2, -0.15) is 0 Å². The highest BCUT2D eigenvalue weighted by Crippen LogP contribution is 2.26. The quantitative estimate of drug-likeness (QED) is 0.684. The summed E-state index contributed by atoms with van der Waals surface area (Å²) in [5, 5.41) is 14.2. The van der Waals surface area contributed by atoms with E-state index in [-0.39, 0.29) is 23.1 Å². The van der Waals surface area contributed by atoms with Crippen LogP contribution in [0.15, 0.2) is 18.2 Å². The molecule has 2 rings (SSSR count). The molecule has 7 heteroatoms. The van der Waals surface area contributed by atoms with Gasteiger partial charge >= 0.3 is 0 Å². The number of nitro benzene ring substituents is 1. The van der Waals surface area contributed by atoms with Crippen molar-refractivity contribution in [1.29, 1.82) is 0 Å². The van der Waals surface area contributed by atoms with Gasteiger partial charge in [-0.05, 0) is 38.1 Å². The first-order valence-corrected chi connectivity index (χ1v) is 6.80. The van der Waals surface area contributed by atoms with Crippen LogP contribution in [-0.4, -0.2) is 36.0 Å². The lowest BCUT2D eigenvalue weighted by Gasteiger charge is -2.32.